The summed E-state index contributed by atoms with van der Waals surface area (Å²) in [5.41, 5.74) is 5.58. The highest BCUT2D eigenvalue weighted by molar-refractivity contribution is 5.20. The highest BCUT2D eigenvalue weighted by Crippen LogP contribution is 2.08. The third kappa shape index (κ3) is 6.29. The second-order valence-electron chi connectivity index (χ2n) is 4.15. The smallest absolute Gasteiger partial charge is 0.119 e. The third-order valence-corrected chi connectivity index (χ3v) is 2.62. The second-order valence-corrected chi connectivity index (χ2v) is 4.15. The monoisotopic (exact) mass is 236 g/mol. The number of rotatable bonds is 9. The van der Waals surface area contributed by atoms with E-state index in [-0.39, 0.29) is 0 Å². The minimum Gasteiger partial charge on any atom is -0.494 e. The standard InChI is InChI=1S/C14H24N2O/c1-2-10-16(12-9-15)11-6-13-17-14-7-4-3-5-8-14/h3-5,7-8H,2,6,9-13,15H2,1H3. The van der Waals surface area contributed by atoms with Crippen molar-refractivity contribution >= 4 is 0 Å². The highest BCUT2D eigenvalue weighted by atomic mass is 16.5. The van der Waals surface area contributed by atoms with E-state index in [0.29, 0.717) is 0 Å². The predicted molar refractivity (Wildman–Crippen MR) is 72.3 cm³/mol. The van der Waals surface area contributed by atoms with Crippen LogP contribution in [0.15, 0.2) is 30.3 Å². The normalized spacial score (nSPS) is 10.8. The van der Waals surface area contributed by atoms with Crippen molar-refractivity contribution in [2.24, 2.45) is 5.73 Å². The number of ether oxygens (including phenoxy) is 1. The lowest BCUT2D eigenvalue weighted by atomic mass is 10.3. The average molecular weight is 236 g/mol. The van der Waals surface area contributed by atoms with E-state index < -0.39 is 0 Å². The maximum absolute atomic E-state index is 5.65. The van der Waals surface area contributed by atoms with Crippen LogP contribution in [0.5, 0.6) is 5.75 Å². The van der Waals surface area contributed by atoms with Gasteiger partial charge in [0.25, 0.3) is 0 Å². The molecule has 3 nitrogen and oxygen atoms in total. The molecule has 1 aromatic rings. The van der Waals surface area contributed by atoms with Gasteiger partial charge >= 0.3 is 0 Å². The van der Waals surface area contributed by atoms with E-state index in [1.165, 1.54) is 6.42 Å². The Morgan fingerprint density at radius 1 is 1.12 bits per heavy atom. The number of benzene rings is 1. The SMILES string of the molecule is CCCN(CCN)CCCOc1ccccc1. The van der Waals surface area contributed by atoms with Crippen LogP contribution in [0.2, 0.25) is 0 Å². The Morgan fingerprint density at radius 2 is 1.88 bits per heavy atom. The van der Waals surface area contributed by atoms with Gasteiger partial charge in [-0.15, -0.1) is 0 Å². The quantitative estimate of drug-likeness (QED) is 0.668. The summed E-state index contributed by atoms with van der Waals surface area (Å²) in [6, 6.07) is 9.96. The fourth-order valence-electron chi connectivity index (χ4n) is 1.83. The summed E-state index contributed by atoms with van der Waals surface area (Å²) in [7, 11) is 0. The lowest BCUT2D eigenvalue weighted by Crippen LogP contribution is -2.31. The van der Waals surface area contributed by atoms with Crippen molar-refractivity contribution in [3.63, 3.8) is 0 Å². The average Bonchev–Trinajstić information content (AvgIpc) is 2.36. The van der Waals surface area contributed by atoms with Gasteiger partial charge in [0, 0.05) is 19.6 Å². The van der Waals surface area contributed by atoms with E-state index in [0.717, 1.165) is 45.0 Å². The van der Waals surface area contributed by atoms with Crippen LogP contribution in [0.1, 0.15) is 19.8 Å². The molecule has 0 unspecified atom stereocenters. The molecule has 0 radical (unpaired) electrons. The summed E-state index contributed by atoms with van der Waals surface area (Å²) in [5.74, 6) is 0.952. The molecule has 17 heavy (non-hydrogen) atoms. The molecule has 0 spiro atoms. The van der Waals surface area contributed by atoms with Crippen molar-refractivity contribution < 1.29 is 4.74 Å². The maximum Gasteiger partial charge on any atom is 0.119 e. The molecule has 0 amide bonds. The van der Waals surface area contributed by atoms with Crippen LogP contribution in [0.25, 0.3) is 0 Å². The Bertz CT molecular complexity index is 271. The summed E-state index contributed by atoms with van der Waals surface area (Å²) >= 11 is 0. The molecule has 0 atom stereocenters. The molecule has 1 aromatic carbocycles. The molecular formula is C14H24N2O. The molecule has 0 bridgehead atoms. The van der Waals surface area contributed by atoms with Crippen LogP contribution in [-0.4, -0.2) is 37.7 Å². The van der Waals surface area contributed by atoms with Gasteiger partial charge in [-0.2, -0.15) is 0 Å². The molecular weight excluding hydrogens is 212 g/mol. The van der Waals surface area contributed by atoms with E-state index in [2.05, 4.69) is 11.8 Å². The molecule has 0 heterocycles. The third-order valence-electron chi connectivity index (χ3n) is 2.62. The number of nitrogens with zero attached hydrogens (tertiary/aromatic N) is 1. The Kier molecular flexibility index (Phi) is 7.43. The van der Waals surface area contributed by atoms with Gasteiger partial charge in [-0.3, -0.25) is 0 Å². The van der Waals surface area contributed by atoms with E-state index >= 15 is 0 Å². The minimum atomic E-state index is 0.736. The number of nitrogens with two attached hydrogens (primary N) is 1. The molecule has 0 fully saturated rings. The molecule has 0 saturated carbocycles. The summed E-state index contributed by atoms with van der Waals surface area (Å²) in [6.07, 6.45) is 2.23. The first-order valence-corrected chi connectivity index (χ1v) is 6.47. The van der Waals surface area contributed by atoms with Crippen LogP contribution < -0.4 is 10.5 Å². The molecule has 96 valence electrons. The molecule has 1 rings (SSSR count). The lowest BCUT2D eigenvalue weighted by molar-refractivity contribution is 0.238. The van der Waals surface area contributed by atoms with Crippen LogP contribution in [-0.2, 0) is 0 Å². The second kappa shape index (κ2) is 9.02. The van der Waals surface area contributed by atoms with Gasteiger partial charge in [-0.1, -0.05) is 25.1 Å². The maximum atomic E-state index is 5.65. The minimum absolute atomic E-state index is 0.736. The van der Waals surface area contributed by atoms with Crippen molar-refractivity contribution in [1.82, 2.24) is 4.90 Å². The summed E-state index contributed by atoms with van der Waals surface area (Å²) in [4.78, 5) is 2.40. The first-order valence-electron chi connectivity index (χ1n) is 6.47. The zero-order chi connectivity index (χ0) is 12.3. The zero-order valence-corrected chi connectivity index (χ0v) is 10.8. The summed E-state index contributed by atoms with van der Waals surface area (Å²) in [5, 5.41) is 0. The van der Waals surface area contributed by atoms with E-state index in [4.69, 9.17) is 10.5 Å². The van der Waals surface area contributed by atoms with E-state index in [1.807, 2.05) is 30.3 Å². The van der Waals surface area contributed by atoms with Gasteiger partial charge in [-0.05, 0) is 31.5 Å². The Labute approximate surface area is 105 Å². The van der Waals surface area contributed by atoms with Crippen molar-refractivity contribution in [2.45, 2.75) is 19.8 Å². The largest absolute Gasteiger partial charge is 0.494 e. The van der Waals surface area contributed by atoms with E-state index in [9.17, 15) is 0 Å². The fourth-order valence-corrected chi connectivity index (χ4v) is 1.83. The molecule has 0 saturated heterocycles. The first-order chi connectivity index (χ1) is 8.36. The molecule has 0 aromatic heterocycles. The van der Waals surface area contributed by atoms with Gasteiger partial charge in [0.1, 0.15) is 5.75 Å². The van der Waals surface area contributed by atoms with Crippen LogP contribution in [0.4, 0.5) is 0 Å². The lowest BCUT2D eigenvalue weighted by Gasteiger charge is -2.20. The Hall–Kier alpha value is -1.06. The first kappa shape index (κ1) is 14.0. The summed E-state index contributed by atoms with van der Waals surface area (Å²) in [6.45, 7) is 6.89. The van der Waals surface area contributed by atoms with Crippen molar-refractivity contribution in [2.75, 3.05) is 32.8 Å². The van der Waals surface area contributed by atoms with Gasteiger partial charge in [-0.25, -0.2) is 0 Å². The van der Waals surface area contributed by atoms with Gasteiger partial charge in [0.05, 0.1) is 6.61 Å². The number of para-hydroxylation sites is 1. The van der Waals surface area contributed by atoms with Gasteiger partial charge in [0.2, 0.25) is 0 Å². The molecule has 0 aliphatic carbocycles. The van der Waals surface area contributed by atoms with Crippen LogP contribution >= 0.6 is 0 Å². The number of hydrogen-bond donors (Lipinski definition) is 1. The molecule has 2 N–H and O–H groups in total. The molecule has 0 aliphatic rings. The van der Waals surface area contributed by atoms with Gasteiger partial charge < -0.3 is 15.4 Å². The zero-order valence-electron chi connectivity index (χ0n) is 10.8. The topological polar surface area (TPSA) is 38.5 Å². The van der Waals surface area contributed by atoms with E-state index in [1.54, 1.807) is 0 Å². The predicted octanol–water partition coefficient (Wildman–Crippen LogP) is 2.13. The number of hydrogen-bond acceptors (Lipinski definition) is 3. The Balaban J connectivity index is 2.13. The Morgan fingerprint density at radius 3 is 2.53 bits per heavy atom. The fraction of sp³-hybridized carbons (Fsp3) is 0.571. The van der Waals surface area contributed by atoms with Crippen molar-refractivity contribution in [3.8, 4) is 5.75 Å². The molecule has 3 heteroatoms. The van der Waals surface area contributed by atoms with Crippen molar-refractivity contribution in [1.29, 1.82) is 0 Å². The summed E-state index contributed by atoms with van der Waals surface area (Å²) < 4.78 is 5.65. The van der Waals surface area contributed by atoms with Crippen molar-refractivity contribution in [3.05, 3.63) is 30.3 Å². The van der Waals surface area contributed by atoms with Crippen LogP contribution in [0, 0.1) is 0 Å². The van der Waals surface area contributed by atoms with Crippen LogP contribution in [0.3, 0.4) is 0 Å². The van der Waals surface area contributed by atoms with Gasteiger partial charge in [0.15, 0.2) is 0 Å². The molecule has 0 aliphatic heterocycles. The highest BCUT2D eigenvalue weighted by Gasteiger charge is 2.02.